The number of likely N-dealkylation sites (tertiary alicyclic amines) is 1. The second-order valence-corrected chi connectivity index (χ2v) is 11.7. The zero-order valence-electron chi connectivity index (χ0n) is 23.5. The van der Waals surface area contributed by atoms with Gasteiger partial charge < -0.3 is 9.30 Å². The fourth-order valence-electron chi connectivity index (χ4n) is 6.58. The summed E-state index contributed by atoms with van der Waals surface area (Å²) in [6, 6.07) is 8.64. The summed E-state index contributed by atoms with van der Waals surface area (Å²) in [5.41, 5.74) is 0.420. The van der Waals surface area contributed by atoms with Crippen molar-refractivity contribution in [2.24, 2.45) is 18.9 Å². The predicted molar refractivity (Wildman–Crippen MR) is 148 cm³/mol. The molecule has 1 saturated carbocycles. The molecule has 2 fully saturated rings. The first-order valence-corrected chi connectivity index (χ1v) is 14.2. The largest absolute Gasteiger partial charge is 0.418 e. The number of fused-ring (bicyclic) bond motifs is 1. The average molecular weight is 569 g/mol. The first kappa shape index (κ1) is 27.7. The maximum Gasteiger partial charge on any atom is 0.418 e. The van der Waals surface area contributed by atoms with Gasteiger partial charge >= 0.3 is 11.9 Å². The van der Waals surface area contributed by atoms with Crippen molar-refractivity contribution in [3.8, 4) is 5.69 Å². The van der Waals surface area contributed by atoms with Crippen LogP contribution in [0.3, 0.4) is 0 Å². The van der Waals surface area contributed by atoms with Crippen LogP contribution >= 0.6 is 0 Å². The fourth-order valence-corrected chi connectivity index (χ4v) is 6.58. The highest BCUT2D eigenvalue weighted by atomic mass is 19.4. The zero-order valence-corrected chi connectivity index (χ0v) is 23.5. The molecule has 1 aliphatic carbocycles. The van der Waals surface area contributed by atoms with Gasteiger partial charge in [0.25, 0.3) is 0 Å². The van der Waals surface area contributed by atoms with Crippen molar-refractivity contribution < 1.29 is 17.9 Å². The van der Waals surface area contributed by atoms with Crippen molar-refractivity contribution in [1.82, 2.24) is 28.6 Å². The molecule has 1 aromatic carbocycles. The molecular weight excluding hydrogens is 533 g/mol. The molecule has 1 aliphatic heterocycles. The normalized spacial score (nSPS) is 22.6. The van der Waals surface area contributed by atoms with Gasteiger partial charge in [-0.05, 0) is 73.4 Å². The van der Waals surface area contributed by atoms with Crippen molar-refractivity contribution in [3.05, 3.63) is 82.1 Å². The lowest BCUT2D eigenvalue weighted by Gasteiger charge is -2.39. The van der Waals surface area contributed by atoms with Crippen LogP contribution in [-0.4, -0.2) is 54.9 Å². The van der Waals surface area contributed by atoms with E-state index >= 15 is 0 Å². The summed E-state index contributed by atoms with van der Waals surface area (Å²) < 4.78 is 52.7. The van der Waals surface area contributed by atoms with E-state index in [1.54, 1.807) is 25.7 Å². The lowest BCUT2D eigenvalue weighted by atomic mass is 9.70. The van der Waals surface area contributed by atoms with Crippen LogP contribution in [0.1, 0.15) is 61.0 Å². The number of ether oxygens (including phenoxy) is 1. The number of hydrogen-bond donors (Lipinski definition) is 0. The summed E-state index contributed by atoms with van der Waals surface area (Å²) >= 11 is 0. The van der Waals surface area contributed by atoms with Gasteiger partial charge in [-0.25, -0.2) is 4.79 Å². The smallest absolute Gasteiger partial charge is 0.381 e. The van der Waals surface area contributed by atoms with Crippen LogP contribution in [0.25, 0.3) is 11.2 Å². The topological polar surface area (TPSA) is 69.6 Å². The molecule has 0 radical (unpaired) electrons. The highest BCUT2D eigenvalue weighted by Crippen LogP contribution is 2.44. The number of pyridine rings is 1. The van der Waals surface area contributed by atoms with Crippen LogP contribution in [0.5, 0.6) is 0 Å². The molecule has 0 unspecified atom stereocenters. The lowest BCUT2D eigenvalue weighted by molar-refractivity contribution is -0.136. The number of halogens is 3. The minimum atomic E-state index is -4.60. The molecule has 0 spiro atoms. The standard InChI is InChI=1S/C30H35F3N6O2/c1-19-6-5-9-37(14-19)15-20-10-25(30(31,32)33)26-17-38(29(40)39(26)16-20)23-8-4-7-21(11-23)27(22-12-24(13-22)41-3)28-35-34-18-36(28)2/h4,7-8,10-11,16-19,22,24,27H,5-6,9,12-15H2,1-3H3/t19-,22-,24+,27+/m0/s1. The van der Waals surface area contributed by atoms with Gasteiger partial charge in [0.2, 0.25) is 0 Å². The number of aromatic nitrogens is 5. The molecule has 41 heavy (non-hydrogen) atoms. The first-order chi connectivity index (χ1) is 19.6. The Kier molecular flexibility index (Phi) is 7.27. The Hall–Kier alpha value is -3.44. The van der Waals surface area contributed by atoms with Gasteiger partial charge in [-0.15, -0.1) is 10.2 Å². The summed E-state index contributed by atoms with van der Waals surface area (Å²) in [5, 5.41) is 8.44. The summed E-state index contributed by atoms with van der Waals surface area (Å²) in [6.07, 6.45) is 3.97. The van der Waals surface area contributed by atoms with Crippen LogP contribution in [-0.2, 0) is 24.5 Å². The van der Waals surface area contributed by atoms with E-state index in [9.17, 15) is 18.0 Å². The maximum atomic E-state index is 14.3. The maximum absolute atomic E-state index is 14.3. The molecule has 218 valence electrons. The molecule has 8 nitrogen and oxygen atoms in total. The van der Waals surface area contributed by atoms with Gasteiger partial charge in [0, 0.05) is 45.6 Å². The second-order valence-electron chi connectivity index (χ2n) is 11.7. The van der Waals surface area contributed by atoms with Crippen molar-refractivity contribution in [3.63, 3.8) is 0 Å². The van der Waals surface area contributed by atoms with Crippen LogP contribution in [0.2, 0.25) is 0 Å². The molecule has 1 saturated heterocycles. The van der Waals surface area contributed by atoms with Gasteiger partial charge in [0.1, 0.15) is 12.2 Å². The number of imidazole rings is 1. The van der Waals surface area contributed by atoms with E-state index in [0.29, 0.717) is 23.7 Å². The minimum Gasteiger partial charge on any atom is -0.381 e. The number of rotatable bonds is 7. The van der Waals surface area contributed by atoms with Crippen molar-refractivity contribution in [1.29, 1.82) is 0 Å². The molecular formula is C30H35F3N6O2. The van der Waals surface area contributed by atoms with Crippen molar-refractivity contribution in [2.45, 2.75) is 57.3 Å². The van der Waals surface area contributed by atoms with Gasteiger partial charge in [-0.3, -0.25) is 13.9 Å². The Morgan fingerprint density at radius 2 is 1.98 bits per heavy atom. The minimum absolute atomic E-state index is 0.0918. The average Bonchev–Trinajstić information content (AvgIpc) is 3.47. The number of hydrogen-bond acceptors (Lipinski definition) is 5. The number of alkyl halides is 3. The molecule has 0 amide bonds. The summed E-state index contributed by atoms with van der Waals surface area (Å²) in [4.78, 5) is 15.8. The summed E-state index contributed by atoms with van der Waals surface area (Å²) in [7, 11) is 3.60. The Morgan fingerprint density at radius 1 is 1.17 bits per heavy atom. The Bertz CT molecular complexity index is 1600. The van der Waals surface area contributed by atoms with Gasteiger partial charge in [0.05, 0.1) is 22.9 Å². The van der Waals surface area contributed by atoms with Crippen LogP contribution in [0.4, 0.5) is 13.2 Å². The third kappa shape index (κ3) is 5.32. The molecule has 4 heterocycles. The quantitative estimate of drug-likeness (QED) is 0.313. The molecule has 4 aromatic rings. The molecule has 11 heteroatoms. The van der Waals surface area contributed by atoms with E-state index in [4.69, 9.17) is 4.74 Å². The summed E-state index contributed by atoms with van der Waals surface area (Å²) in [6.45, 7) is 4.21. The van der Waals surface area contributed by atoms with Crippen molar-refractivity contribution in [2.75, 3.05) is 20.2 Å². The van der Waals surface area contributed by atoms with E-state index in [1.807, 2.05) is 29.8 Å². The Labute approximate surface area is 236 Å². The SMILES string of the molecule is CO[C@H]1C[C@@H]([C@@H](c2cccc(-n3cc4c(C(F)(F)F)cc(CN5CCC[C@H](C)C5)cn4c3=O)c2)c2nncn2C)C1. The molecule has 2 atom stereocenters. The highest BCUT2D eigenvalue weighted by Gasteiger charge is 2.39. The zero-order chi connectivity index (χ0) is 28.9. The fraction of sp³-hybridized carbons (Fsp3) is 0.500. The highest BCUT2D eigenvalue weighted by molar-refractivity contribution is 5.58. The van der Waals surface area contributed by atoms with E-state index in [2.05, 4.69) is 22.0 Å². The third-order valence-electron chi connectivity index (χ3n) is 8.74. The Morgan fingerprint density at radius 3 is 2.66 bits per heavy atom. The molecule has 6 rings (SSSR count). The monoisotopic (exact) mass is 568 g/mol. The van der Waals surface area contributed by atoms with Gasteiger partial charge in [-0.2, -0.15) is 13.2 Å². The molecule has 3 aromatic heterocycles. The molecule has 0 N–H and O–H groups in total. The predicted octanol–water partition coefficient (Wildman–Crippen LogP) is 5.03. The van der Waals surface area contributed by atoms with Crippen molar-refractivity contribution >= 4 is 5.52 Å². The first-order valence-electron chi connectivity index (χ1n) is 14.2. The number of benzene rings is 1. The molecule has 0 bridgehead atoms. The van der Waals surface area contributed by atoms with E-state index in [0.717, 1.165) is 54.6 Å². The lowest BCUT2D eigenvalue weighted by Crippen LogP contribution is -2.35. The van der Waals surface area contributed by atoms with Crippen LogP contribution in [0.15, 0.2) is 53.8 Å². The number of aryl methyl sites for hydroxylation is 1. The second kappa shape index (κ2) is 10.8. The molecule has 2 aliphatic rings. The number of nitrogens with zero attached hydrogens (tertiary/aromatic N) is 6. The van der Waals surface area contributed by atoms with Crippen LogP contribution < -0.4 is 5.69 Å². The number of piperidine rings is 1. The van der Waals surface area contributed by atoms with E-state index in [1.165, 1.54) is 16.8 Å². The summed E-state index contributed by atoms with van der Waals surface area (Å²) in [5.74, 6) is 1.47. The van der Waals surface area contributed by atoms with E-state index in [-0.39, 0.29) is 23.5 Å². The Balaban J connectivity index is 1.41. The third-order valence-corrected chi connectivity index (χ3v) is 8.74. The number of methoxy groups -OCH3 is 1. The van der Waals surface area contributed by atoms with E-state index < -0.39 is 17.4 Å². The van der Waals surface area contributed by atoms with Gasteiger partial charge in [-0.1, -0.05) is 19.1 Å². The van der Waals surface area contributed by atoms with Crippen LogP contribution in [0, 0.1) is 11.8 Å². The van der Waals surface area contributed by atoms with Gasteiger partial charge in [0.15, 0.2) is 0 Å².